The summed E-state index contributed by atoms with van der Waals surface area (Å²) in [5.41, 5.74) is 1.80. The Kier molecular flexibility index (Phi) is 4.51. The Morgan fingerprint density at radius 1 is 0.964 bits per heavy atom. The van der Waals surface area contributed by atoms with E-state index in [1.807, 2.05) is 47.8 Å². The maximum Gasteiger partial charge on any atom is 0.215 e. The molecule has 0 radical (unpaired) electrons. The van der Waals surface area contributed by atoms with Crippen LogP contribution in [0.25, 0.3) is 22.3 Å². The largest absolute Gasteiger partial charge is 0.265 e. The maximum atomic E-state index is 4.80. The molecule has 0 unspecified atom stereocenters. The molecule has 1 aromatic carbocycles. The molecular weight excluding hydrogens is 390 g/mol. The normalized spacial score (nSPS) is 11.1. The van der Waals surface area contributed by atoms with Gasteiger partial charge in [-0.25, -0.2) is 14.6 Å². The highest BCUT2D eigenvalue weighted by Crippen LogP contribution is 2.32. The second kappa shape index (κ2) is 7.45. The van der Waals surface area contributed by atoms with Crippen molar-refractivity contribution in [2.75, 3.05) is 0 Å². The van der Waals surface area contributed by atoms with Crippen LogP contribution in [0.2, 0.25) is 0 Å². The lowest BCUT2D eigenvalue weighted by atomic mass is 10.2. The summed E-state index contributed by atoms with van der Waals surface area (Å²) in [7, 11) is 0. The number of benzene rings is 1. The number of tetrazole rings is 1. The van der Waals surface area contributed by atoms with Crippen LogP contribution < -0.4 is 0 Å². The van der Waals surface area contributed by atoms with Gasteiger partial charge in [0, 0.05) is 28.2 Å². The standard InChI is InChI=1S/C19H13N7S2/c1-2-6-16-15(5-1)18(22-17(21-16)13-7-9-20-10-8-13)28-19-23-24-25-26(19)12-14-4-3-11-27-14/h1-11H,12H2. The van der Waals surface area contributed by atoms with Crippen LogP contribution in [0.3, 0.4) is 0 Å². The first-order valence-electron chi connectivity index (χ1n) is 8.50. The van der Waals surface area contributed by atoms with E-state index in [-0.39, 0.29) is 0 Å². The highest BCUT2D eigenvalue weighted by molar-refractivity contribution is 7.99. The number of aromatic nitrogens is 7. The van der Waals surface area contributed by atoms with Crippen molar-refractivity contribution in [2.45, 2.75) is 16.7 Å². The van der Waals surface area contributed by atoms with E-state index in [0.29, 0.717) is 17.5 Å². The van der Waals surface area contributed by atoms with Crippen LogP contribution in [0, 0.1) is 0 Å². The minimum atomic E-state index is 0.632. The van der Waals surface area contributed by atoms with Gasteiger partial charge in [0.05, 0.1) is 12.1 Å². The van der Waals surface area contributed by atoms with Crippen molar-refractivity contribution < 1.29 is 0 Å². The van der Waals surface area contributed by atoms with E-state index in [1.54, 1.807) is 28.4 Å². The topological polar surface area (TPSA) is 82.3 Å². The average molecular weight is 403 g/mol. The molecule has 7 nitrogen and oxygen atoms in total. The van der Waals surface area contributed by atoms with Crippen LogP contribution in [0.15, 0.2) is 76.5 Å². The van der Waals surface area contributed by atoms with Crippen LogP contribution in [0.1, 0.15) is 4.88 Å². The zero-order chi connectivity index (χ0) is 18.8. The van der Waals surface area contributed by atoms with Crippen molar-refractivity contribution in [3.05, 3.63) is 71.2 Å². The van der Waals surface area contributed by atoms with Crippen LogP contribution in [0.5, 0.6) is 0 Å². The van der Waals surface area contributed by atoms with Crippen molar-refractivity contribution in [3.8, 4) is 11.4 Å². The van der Waals surface area contributed by atoms with Gasteiger partial charge in [0.15, 0.2) is 5.82 Å². The Morgan fingerprint density at radius 3 is 2.71 bits per heavy atom. The second-order valence-corrected chi connectivity index (χ2v) is 7.89. The number of fused-ring (bicyclic) bond motifs is 1. The quantitative estimate of drug-likeness (QED) is 0.411. The highest BCUT2D eigenvalue weighted by Gasteiger charge is 2.15. The molecule has 0 N–H and O–H groups in total. The Hall–Kier alpha value is -3.17. The smallest absolute Gasteiger partial charge is 0.215 e. The van der Waals surface area contributed by atoms with Crippen molar-refractivity contribution in [3.63, 3.8) is 0 Å². The summed E-state index contributed by atoms with van der Waals surface area (Å²) in [5, 5.41) is 16.7. The van der Waals surface area contributed by atoms with Gasteiger partial charge in [-0.3, -0.25) is 4.98 Å². The van der Waals surface area contributed by atoms with Gasteiger partial charge in [-0.1, -0.05) is 24.3 Å². The number of para-hydroxylation sites is 1. The number of hydrogen-bond donors (Lipinski definition) is 0. The molecule has 0 bridgehead atoms. The number of rotatable bonds is 5. The van der Waals surface area contributed by atoms with Gasteiger partial charge in [0.1, 0.15) is 5.03 Å². The van der Waals surface area contributed by atoms with Crippen LogP contribution in [-0.2, 0) is 6.54 Å². The number of thiophene rings is 1. The molecule has 0 fully saturated rings. The van der Waals surface area contributed by atoms with Gasteiger partial charge >= 0.3 is 0 Å². The maximum absolute atomic E-state index is 4.80. The van der Waals surface area contributed by atoms with E-state index in [0.717, 1.165) is 21.5 Å². The predicted octanol–water partition coefficient (Wildman–Crippen LogP) is 3.94. The van der Waals surface area contributed by atoms with E-state index in [2.05, 4.69) is 26.6 Å². The van der Waals surface area contributed by atoms with Gasteiger partial charge in [0.2, 0.25) is 5.16 Å². The van der Waals surface area contributed by atoms with Gasteiger partial charge < -0.3 is 0 Å². The first-order valence-corrected chi connectivity index (χ1v) is 10.2. The second-order valence-electron chi connectivity index (χ2n) is 5.91. The van der Waals surface area contributed by atoms with E-state index in [9.17, 15) is 0 Å². The Labute approximate surface area is 168 Å². The van der Waals surface area contributed by atoms with Gasteiger partial charge in [-0.05, 0) is 51.8 Å². The molecule has 5 rings (SSSR count). The SMILES string of the molecule is c1csc(Cn2nnnc2Sc2nc(-c3ccncc3)nc3ccccc23)c1. The zero-order valence-corrected chi connectivity index (χ0v) is 16.1. The predicted molar refractivity (Wildman–Crippen MR) is 108 cm³/mol. The molecular formula is C19H13N7S2. The molecule has 5 aromatic rings. The molecule has 0 aliphatic heterocycles. The average Bonchev–Trinajstić information content (AvgIpc) is 3.41. The molecule has 0 saturated carbocycles. The van der Waals surface area contributed by atoms with Crippen molar-refractivity contribution in [2.24, 2.45) is 0 Å². The number of hydrogen-bond acceptors (Lipinski definition) is 8. The van der Waals surface area contributed by atoms with Gasteiger partial charge in [-0.15, -0.1) is 16.4 Å². The molecule has 4 heterocycles. The molecule has 0 saturated heterocycles. The minimum absolute atomic E-state index is 0.632. The van der Waals surface area contributed by atoms with Crippen LogP contribution in [0.4, 0.5) is 0 Å². The van der Waals surface area contributed by atoms with Gasteiger partial charge in [0.25, 0.3) is 0 Å². The molecule has 0 spiro atoms. The van der Waals surface area contributed by atoms with Crippen molar-refractivity contribution in [1.82, 2.24) is 35.2 Å². The van der Waals surface area contributed by atoms with E-state index < -0.39 is 0 Å². The van der Waals surface area contributed by atoms with E-state index >= 15 is 0 Å². The molecule has 0 aliphatic rings. The van der Waals surface area contributed by atoms with Crippen LogP contribution in [-0.4, -0.2) is 35.2 Å². The monoisotopic (exact) mass is 403 g/mol. The zero-order valence-electron chi connectivity index (χ0n) is 14.5. The first kappa shape index (κ1) is 17.0. The van der Waals surface area contributed by atoms with Gasteiger partial charge in [-0.2, -0.15) is 0 Å². The number of nitrogens with zero attached hydrogens (tertiary/aromatic N) is 7. The first-order chi connectivity index (χ1) is 13.9. The summed E-state index contributed by atoms with van der Waals surface area (Å²) < 4.78 is 1.79. The van der Waals surface area contributed by atoms with Crippen molar-refractivity contribution >= 4 is 34.0 Å². The molecule has 4 aromatic heterocycles. The Bertz CT molecular complexity index is 1220. The van der Waals surface area contributed by atoms with Crippen LogP contribution >= 0.6 is 23.1 Å². The molecule has 28 heavy (non-hydrogen) atoms. The summed E-state index contributed by atoms with van der Waals surface area (Å²) in [6.45, 7) is 0.632. The summed E-state index contributed by atoms with van der Waals surface area (Å²) in [6.07, 6.45) is 3.48. The molecule has 0 aliphatic carbocycles. The fraction of sp³-hybridized carbons (Fsp3) is 0.0526. The fourth-order valence-corrected chi connectivity index (χ4v) is 4.32. The third-order valence-corrected chi connectivity index (χ3v) is 5.92. The van der Waals surface area contributed by atoms with Crippen molar-refractivity contribution in [1.29, 1.82) is 0 Å². The Balaban J connectivity index is 1.57. The summed E-state index contributed by atoms with van der Waals surface area (Å²) in [6, 6.07) is 15.9. The lowest BCUT2D eigenvalue weighted by Gasteiger charge is -2.08. The van der Waals surface area contributed by atoms with E-state index in [1.165, 1.54) is 16.6 Å². The highest BCUT2D eigenvalue weighted by atomic mass is 32.2. The molecule has 0 amide bonds. The lowest BCUT2D eigenvalue weighted by Crippen LogP contribution is -2.03. The molecule has 9 heteroatoms. The van der Waals surface area contributed by atoms with E-state index in [4.69, 9.17) is 9.97 Å². The number of pyridine rings is 1. The molecule has 0 atom stereocenters. The lowest BCUT2D eigenvalue weighted by molar-refractivity contribution is 0.608. The summed E-state index contributed by atoms with van der Waals surface area (Å²) in [4.78, 5) is 14.8. The third-order valence-electron chi connectivity index (χ3n) is 4.08. The fourth-order valence-electron chi connectivity index (χ4n) is 2.76. The summed E-state index contributed by atoms with van der Waals surface area (Å²) in [5.74, 6) is 0.654. The Morgan fingerprint density at radius 2 is 1.86 bits per heavy atom. The minimum Gasteiger partial charge on any atom is -0.265 e. The third kappa shape index (κ3) is 3.37. The summed E-state index contributed by atoms with van der Waals surface area (Å²) >= 11 is 3.13. The molecule has 136 valence electrons.